The average molecular weight is 371 g/mol. The van der Waals surface area contributed by atoms with Gasteiger partial charge in [-0.05, 0) is 49.4 Å². The second-order valence-corrected chi connectivity index (χ2v) is 6.64. The fourth-order valence-electron chi connectivity index (χ4n) is 3.12. The molecule has 0 saturated carbocycles. The molecule has 1 atom stereocenters. The number of nitrogens with zero attached hydrogens (tertiary/aromatic N) is 3. The second kappa shape index (κ2) is 7.26. The molecule has 138 valence electrons. The summed E-state index contributed by atoms with van der Waals surface area (Å²) in [5, 5.41) is 10.3. The minimum Gasteiger partial charge on any atom is -0.381 e. The van der Waals surface area contributed by atoms with Crippen molar-refractivity contribution in [2.45, 2.75) is 13.0 Å². The van der Waals surface area contributed by atoms with Gasteiger partial charge in [-0.2, -0.15) is 0 Å². The van der Waals surface area contributed by atoms with Gasteiger partial charge in [0.2, 0.25) is 0 Å². The Labute approximate surface area is 162 Å². The van der Waals surface area contributed by atoms with Gasteiger partial charge in [0.05, 0.1) is 23.2 Å². The van der Waals surface area contributed by atoms with E-state index in [-0.39, 0.29) is 5.82 Å². The average Bonchev–Trinajstić information content (AvgIpc) is 3.07. The van der Waals surface area contributed by atoms with Crippen molar-refractivity contribution in [2.75, 3.05) is 0 Å². The smallest absolute Gasteiger partial charge is 0.123 e. The van der Waals surface area contributed by atoms with Crippen molar-refractivity contribution in [3.05, 3.63) is 72.4 Å². The minimum atomic E-state index is -0.685. The van der Waals surface area contributed by atoms with E-state index < -0.39 is 6.10 Å². The predicted octanol–water partition coefficient (Wildman–Crippen LogP) is 4.17. The standard InChI is InChI=1S/C23H18FN3O/c1-15(28)3-4-16-11-19-12-18(7-10-21(19)25-13-16)23-22(26-14-27(23)2)17-5-8-20(24)9-6-17/h5-15,28H,1-2H3/t15-/m1/s1. The molecule has 5 heteroatoms. The maximum absolute atomic E-state index is 13.3. The van der Waals surface area contributed by atoms with Gasteiger partial charge in [-0.1, -0.05) is 17.9 Å². The molecule has 0 amide bonds. The van der Waals surface area contributed by atoms with Gasteiger partial charge in [0.25, 0.3) is 0 Å². The van der Waals surface area contributed by atoms with E-state index in [9.17, 15) is 9.50 Å². The molecule has 4 nitrogen and oxygen atoms in total. The van der Waals surface area contributed by atoms with E-state index in [2.05, 4.69) is 21.8 Å². The largest absolute Gasteiger partial charge is 0.381 e. The van der Waals surface area contributed by atoms with Crippen LogP contribution in [0.5, 0.6) is 0 Å². The number of pyridine rings is 1. The summed E-state index contributed by atoms with van der Waals surface area (Å²) in [6.45, 7) is 1.62. The number of imidazole rings is 1. The highest BCUT2D eigenvalue weighted by molar-refractivity contribution is 5.88. The third kappa shape index (κ3) is 3.51. The highest BCUT2D eigenvalue weighted by Crippen LogP contribution is 2.32. The first kappa shape index (κ1) is 17.9. The zero-order valence-electron chi connectivity index (χ0n) is 15.5. The molecule has 0 saturated heterocycles. The number of aliphatic hydroxyl groups is 1. The number of rotatable bonds is 2. The molecular weight excluding hydrogens is 353 g/mol. The molecule has 0 aliphatic rings. The van der Waals surface area contributed by atoms with Crippen molar-refractivity contribution < 1.29 is 9.50 Å². The lowest BCUT2D eigenvalue weighted by Crippen LogP contribution is -1.94. The van der Waals surface area contributed by atoms with Crippen molar-refractivity contribution in [3.63, 3.8) is 0 Å². The van der Waals surface area contributed by atoms with Crippen LogP contribution >= 0.6 is 0 Å². The van der Waals surface area contributed by atoms with Crippen molar-refractivity contribution >= 4 is 10.9 Å². The Balaban J connectivity index is 1.82. The van der Waals surface area contributed by atoms with Crippen molar-refractivity contribution in [3.8, 4) is 34.4 Å². The van der Waals surface area contributed by atoms with Gasteiger partial charge in [-0.3, -0.25) is 4.98 Å². The lowest BCUT2D eigenvalue weighted by molar-refractivity contribution is 0.253. The normalized spacial score (nSPS) is 11.9. The van der Waals surface area contributed by atoms with Crippen LogP contribution in [0, 0.1) is 17.7 Å². The third-order valence-corrected chi connectivity index (χ3v) is 4.43. The van der Waals surface area contributed by atoms with E-state index in [1.165, 1.54) is 12.1 Å². The Bertz CT molecular complexity index is 1210. The number of benzene rings is 2. The first-order valence-corrected chi connectivity index (χ1v) is 8.88. The number of hydrogen-bond donors (Lipinski definition) is 1. The fourth-order valence-corrected chi connectivity index (χ4v) is 3.12. The number of aryl methyl sites for hydroxylation is 1. The summed E-state index contributed by atoms with van der Waals surface area (Å²) < 4.78 is 15.2. The van der Waals surface area contributed by atoms with E-state index in [1.54, 1.807) is 31.6 Å². The third-order valence-electron chi connectivity index (χ3n) is 4.43. The van der Waals surface area contributed by atoms with Crippen LogP contribution in [-0.2, 0) is 7.05 Å². The molecule has 0 aliphatic carbocycles. The summed E-state index contributed by atoms with van der Waals surface area (Å²) in [5.41, 5.74) is 5.17. The van der Waals surface area contributed by atoms with Gasteiger partial charge in [0, 0.05) is 35.3 Å². The highest BCUT2D eigenvalue weighted by Gasteiger charge is 2.14. The molecule has 2 aromatic carbocycles. The molecule has 4 aromatic rings. The van der Waals surface area contributed by atoms with Crippen LogP contribution in [0.15, 0.2) is 61.1 Å². The van der Waals surface area contributed by atoms with Crippen LogP contribution in [0.4, 0.5) is 4.39 Å². The first-order valence-electron chi connectivity index (χ1n) is 8.88. The molecule has 4 rings (SSSR count). The first-order chi connectivity index (χ1) is 13.5. The lowest BCUT2D eigenvalue weighted by Gasteiger charge is -2.08. The van der Waals surface area contributed by atoms with Crippen LogP contribution in [0.25, 0.3) is 33.4 Å². The number of aliphatic hydroxyl groups excluding tert-OH is 1. The van der Waals surface area contributed by atoms with Crippen LogP contribution in [0.2, 0.25) is 0 Å². The Hall–Kier alpha value is -3.49. The van der Waals surface area contributed by atoms with Gasteiger partial charge < -0.3 is 9.67 Å². The van der Waals surface area contributed by atoms with E-state index in [0.29, 0.717) is 0 Å². The number of fused-ring (bicyclic) bond motifs is 1. The van der Waals surface area contributed by atoms with Crippen LogP contribution in [-0.4, -0.2) is 25.7 Å². The molecular formula is C23H18FN3O. The Morgan fingerprint density at radius 3 is 2.54 bits per heavy atom. The van der Waals surface area contributed by atoms with Crippen LogP contribution < -0.4 is 0 Å². The predicted molar refractivity (Wildman–Crippen MR) is 108 cm³/mol. The van der Waals surface area contributed by atoms with E-state index in [4.69, 9.17) is 0 Å². The molecule has 0 bridgehead atoms. The number of halogens is 1. The maximum atomic E-state index is 13.3. The van der Waals surface area contributed by atoms with Crippen molar-refractivity contribution in [1.29, 1.82) is 0 Å². The summed E-state index contributed by atoms with van der Waals surface area (Å²) in [5.74, 6) is 5.39. The summed E-state index contributed by atoms with van der Waals surface area (Å²) in [4.78, 5) is 8.96. The molecule has 2 heterocycles. The van der Waals surface area contributed by atoms with Crippen molar-refractivity contribution in [1.82, 2.24) is 14.5 Å². The maximum Gasteiger partial charge on any atom is 0.123 e. The molecule has 0 fully saturated rings. The van der Waals surface area contributed by atoms with E-state index in [1.807, 2.05) is 35.9 Å². The van der Waals surface area contributed by atoms with Crippen molar-refractivity contribution in [2.24, 2.45) is 7.05 Å². The molecule has 0 radical (unpaired) electrons. The molecule has 0 aliphatic heterocycles. The zero-order valence-corrected chi connectivity index (χ0v) is 15.5. The van der Waals surface area contributed by atoms with Gasteiger partial charge >= 0.3 is 0 Å². The summed E-state index contributed by atoms with van der Waals surface area (Å²) in [7, 11) is 1.93. The molecule has 1 N–H and O–H groups in total. The Morgan fingerprint density at radius 1 is 1.04 bits per heavy atom. The SMILES string of the molecule is C[C@@H](O)C#Cc1cnc2ccc(-c3c(-c4ccc(F)cc4)ncn3C)cc2c1. The van der Waals surface area contributed by atoms with E-state index in [0.717, 1.165) is 39.0 Å². The Morgan fingerprint density at radius 2 is 1.79 bits per heavy atom. The summed E-state index contributed by atoms with van der Waals surface area (Å²) in [6, 6.07) is 14.3. The van der Waals surface area contributed by atoms with Gasteiger partial charge in [-0.15, -0.1) is 0 Å². The number of aromatic nitrogens is 3. The zero-order chi connectivity index (χ0) is 19.7. The minimum absolute atomic E-state index is 0.274. The quantitative estimate of drug-likeness (QED) is 0.538. The summed E-state index contributed by atoms with van der Waals surface area (Å²) >= 11 is 0. The lowest BCUT2D eigenvalue weighted by atomic mass is 10.0. The Kier molecular flexibility index (Phi) is 4.64. The van der Waals surface area contributed by atoms with Crippen LogP contribution in [0.3, 0.4) is 0 Å². The van der Waals surface area contributed by atoms with E-state index >= 15 is 0 Å². The van der Waals surface area contributed by atoms with Gasteiger partial charge in [0.15, 0.2) is 0 Å². The highest BCUT2D eigenvalue weighted by atomic mass is 19.1. The summed E-state index contributed by atoms with van der Waals surface area (Å²) in [6.07, 6.45) is 2.77. The number of hydrogen-bond acceptors (Lipinski definition) is 3. The second-order valence-electron chi connectivity index (χ2n) is 6.64. The van der Waals surface area contributed by atoms with Gasteiger partial charge in [-0.25, -0.2) is 9.37 Å². The molecule has 0 spiro atoms. The topological polar surface area (TPSA) is 50.9 Å². The molecule has 0 unspecified atom stereocenters. The molecule has 2 aromatic heterocycles. The van der Waals surface area contributed by atoms with Crippen LogP contribution in [0.1, 0.15) is 12.5 Å². The van der Waals surface area contributed by atoms with Gasteiger partial charge in [0.1, 0.15) is 11.9 Å². The fraction of sp³-hybridized carbons (Fsp3) is 0.130. The monoisotopic (exact) mass is 371 g/mol. The molecule has 28 heavy (non-hydrogen) atoms.